The van der Waals surface area contributed by atoms with Gasteiger partial charge in [0.15, 0.2) is 6.61 Å². The molecule has 2 rings (SSSR count). The third-order valence-corrected chi connectivity index (χ3v) is 2.84. The van der Waals surface area contributed by atoms with Crippen molar-refractivity contribution < 1.29 is 13.9 Å². The Hall–Kier alpha value is -2.87. The van der Waals surface area contributed by atoms with Crippen LogP contribution in [0.5, 0.6) is 5.75 Å². The van der Waals surface area contributed by atoms with Gasteiger partial charge in [-0.25, -0.2) is 4.39 Å². The van der Waals surface area contributed by atoms with Gasteiger partial charge in [-0.1, -0.05) is 0 Å². The van der Waals surface area contributed by atoms with E-state index in [1.807, 2.05) is 6.07 Å². The van der Waals surface area contributed by atoms with Crippen molar-refractivity contribution in [1.29, 1.82) is 5.26 Å². The van der Waals surface area contributed by atoms with Gasteiger partial charge in [0.1, 0.15) is 17.6 Å². The predicted octanol–water partition coefficient (Wildman–Crippen LogP) is 3.29. The van der Waals surface area contributed by atoms with Gasteiger partial charge < -0.3 is 10.1 Å². The number of carbonyl (C=O) groups excluding carboxylic acids is 1. The number of amides is 1. The Kier molecular flexibility index (Phi) is 4.52. The molecule has 106 valence electrons. The van der Waals surface area contributed by atoms with Gasteiger partial charge in [-0.3, -0.25) is 4.79 Å². The largest absolute Gasteiger partial charge is 0.479 e. The van der Waals surface area contributed by atoms with Gasteiger partial charge in [-0.05, 0) is 55.0 Å². The van der Waals surface area contributed by atoms with Crippen LogP contribution in [0.4, 0.5) is 10.1 Å². The number of carbonyl (C=O) groups is 1. The molecule has 0 saturated carbocycles. The predicted molar refractivity (Wildman–Crippen MR) is 76.6 cm³/mol. The Balaban J connectivity index is 2.05. The molecule has 0 spiro atoms. The maximum Gasteiger partial charge on any atom is 0.255 e. The van der Waals surface area contributed by atoms with E-state index in [4.69, 9.17) is 10.00 Å². The van der Waals surface area contributed by atoms with Gasteiger partial charge in [0.05, 0.1) is 0 Å². The number of aryl methyl sites for hydroxylation is 1. The molecule has 1 amide bonds. The number of nitrogens with zero attached hydrogens (tertiary/aromatic N) is 1. The summed E-state index contributed by atoms with van der Waals surface area (Å²) in [7, 11) is 0. The van der Waals surface area contributed by atoms with Crippen LogP contribution in [-0.4, -0.2) is 12.5 Å². The molecule has 0 aliphatic heterocycles. The van der Waals surface area contributed by atoms with Crippen molar-refractivity contribution >= 4 is 11.6 Å². The number of rotatable bonds is 4. The summed E-state index contributed by atoms with van der Waals surface area (Å²) in [6, 6.07) is 12.7. The van der Waals surface area contributed by atoms with Crippen LogP contribution < -0.4 is 10.1 Å². The van der Waals surface area contributed by atoms with E-state index in [2.05, 4.69) is 5.32 Å². The first-order valence-electron chi connectivity index (χ1n) is 6.27. The molecule has 0 radical (unpaired) electrons. The summed E-state index contributed by atoms with van der Waals surface area (Å²) in [6.45, 7) is 1.58. The SMILES string of the molecule is Cc1cc(C(=O)Nc2ccc(OCC#N)cc2)ccc1F. The lowest BCUT2D eigenvalue weighted by Crippen LogP contribution is -2.12. The Bertz CT molecular complexity index is 690. The van der Waals surface area contributed by atoms with Crippen LogP contribution in [0.3, 0.4) is 0 Å². The smallest absolute Gasteiger partial charge is 0.255 e. The molecule has 5 heteroatoms. The van der Waals surface area contributed by atoms with E-state index < -0.39 is 0 Å². The van der Waals surface area contributed by atoms with E-state index in [0.29, 0.717) is 22.6 Å². The number of nitrogens with one attached hydrogen (secondary N) is 1. The fourth-order valence-electron chi connectivity index (χ4n) is 1.74. The highest BCUT2D eigenvalue weighted by atomic mass is 19.1. The van der Waals surface area contributed by atoms with E-state index in [1.165, 1.54) is 18.2 Å². The second-order valence-electron chi connectivity index (χ2n) is 4.39. The molecular weight excluding hydrogens is 271 g/mol. The van der Waals surface area contributed by atoms with Crippen molar-refractivity contribution in [3.8, 4) is 11.8 Å². The second kappa shape index (κ2) is 6.53. The number of ether oxygens (including phenoxy) is 1. The van der Waals surface area contributed by atoms with Gasteiger partial charge in [0, 0.05) is 11.3 Å². The van der Waals surface area contributed by atoms with Crippen molar-refractivity contribution in [2.75, 3.05) is 11.9 Å². The number of anilines is 1. The average Bonchev–Trinajstić information content (AvgIpc) is 2.49. The van der Waals surface area contributed by atoms with Crippen molar-refractivity contribution in [3.05, 3.63) is 59.4 Å². The summed E-state index contributed by atoms with van der Waals surface area (Å²) >= 11 is 0. The van der Waals surface area contributed by atoms with E-state index >= 15 is 0 Å². The van der Waals surface area contributed by atoms with E-state index in [1.54, 1.807) is 31.2 Å². The highest BCUT2D eigenvalue weighted by Gasteiger charge is 2.08. The quantitative estimate of drug-likeness (QED) is 0.937. The number of nitriles is 1. The molecule has 0 unspecified atom stereocenters. The Morgan fingerprint density at radius 1 is 1.29 bits per heavy atom. The molecule has 21 heavy (non-hydrogen) atoms. The minimum Gasteiger partial charge on any atom is -0.479 e. The number of benzene rings is 2. The molecule has 0 aliphatic rings. The van der Waals surface area contributed by atoms with Gasteiger partial charge in [0.25, 0.3) is 5.91 Å². The Morgan fingerprint density at radius 2 is 2.00 bits per heavy atom. The zero-order valence-electron chi connectivity index (χ0n) is 11.4. The average molecular weight is 284 g/mol. The molecule has 0 heterocycles. The lowest BCUT2D eigenvalue weighted by molar-refractivity contribution is 0.102. The fraction of sp³-hybridized carbons (Fsp3) is 0.125. The molecule has 4 nitrogen and oxygen atoms in total. The van der Waals surface area contributed by atoms with Crippen LogP contribution in [0.1, 0.15) is 15.9 Å². The topological polar surface area (TPSA) is 62.1 Å². The second-order valence-corrected chi connectivity index (χ2v) is 4.39. The molecule has 0 aromatic heterocycles. The Morgan fingerprint density at radius 3 is 2.62 bits per heavy atom. The number of hydrogen-bond acceptors (Lipinski definition) is 3. The summed E-state index contributed by atoms with van der Waals surface area (Å²) in [5.41, 5.74) is 1.40. The third-order valence-electron chi connectivity index (χ3n) is 2.84. The monoisotopic (exact) mass is 284 g/mol. The molecular formula is C16H13FN2O2. The highest BCUT2D eigenvalue weighted by molar-refractivity contribution is 6.04. The minimum atomic E-state index is -0.342. The molecule has 0 saturated heterocycles. The van der Waals surface area contributed by atoms with Crippen molar-refractivity contribution in [2.24, 2.45) is 0 Å². The summed E-state index contributed by atoms with van der Waals surface area (Å²) in [5, 5.41) is 11.1. The standard InChI is InChI=1S/C16H13FN2O2/c1-11-10-12(2-7-15(11)17)16(20)19-13-3-5-14(6-4-13)21-9-8-18/h2-7,10H,9H2,1H3,(H,19,20). The maximum absolute atomic E-state index is 13.2. The van der Waals surface area contributed by atoms with Crippen molar-refractivity contribution in [3.63, 3.8) is 0 Å². The van der Waals surface area contributed by atoms with E-state index in [0.717, 1.165) is 0 Å². The number of hydrogen-bond donors (Lipinski definition) is 1. The molecule has 0 aliphatic carbocycles. The van der Waals surface area contributed by atoms with Crippen LogP contribution in [0.25, 0.3) is 0 Å². The minimum absolute atomic E-state index is 0.0272. The first kappa shape index (κ1) is 14.5. The molecule has 0 bridgehead atoms. The fourth-order valence-corrected chi connectivity index (χ4v) is 1.74. The van der Waals surface area contributed by atoms with Gasteiger partial charge in [-0.2, -0.15) is 5.26 Å². The third kappa shape index (κ3) is 3.80. The van der Waals surface area contributed by atoms with Crippen LogP contribution in [0.2, 0.25) is 0 Å². The van der Waals surface area contributed by atoms with Crippen molar-refractivity contribution in [2.45, 2.75) is 6.92 Å². The summed E-state index contributed by atoms with van der Waals surface area (Å²) < 4.78 is 18.3. The summed E-state index contributed by atoms with van der Waals surface area (Å²) in [6.07, 6.45) is 0. The maximum atomic E-state index is 13.2. The molecule has 1 N–H and O–H groups in total. The van der Waals surface area contributed by atoms with E-state index in [-0.39, 0.29) is 18.3 Å². The van der Waals surface area contributed by atoms with Crippen LogP contribution in [0.15, 0.2) is 42.5 Å². The number of halogens is 1. The van der Waals surface area contributed by atoms with E-state index in [9.17, 15) is 9.18 Å². The summed E-state index contributed by atoms with van der Waals surface area (Å²) in [5.74, 6) is -0.110. The van der Waals surface area contributed by atoms with Crippen LogP contribution in [0, 0.1) is 24.1 Å². The highest BCUT2D eigenvalue weighted by Crippen LogP contribution is 2.17. The zero-order chi connectivity index (χ0) is 15.2. The molecule has 2 aromatic carbocycles. The molecule has 2 aromatic rings. The lowest BCUT2D eigenvalue weighted by atomic mass is 10.1. The van der Waals surface area contributed by atoms with Crippen molar-refractivity contribution in [1.82, 2.24) is 0 Å². The van der Waals surface area contributed by atoms with Gasteiger partial charge in [0.2, 0.25) is 0 Å². The normalized spacial score (nSPS) is 9.76. The first-order chi connectivity index (χ1) is 10.1. The molecule has 0 fully saturated rings. The van der Waals surface area contributed by atoms with Gasteiger partial charge >= 0.3 is 0 Å². The summed E-state index contributed by atoms with van der Waals surface area (Å²) in [4.78, 5) is 12.0. The zero-order valence-corrected chi connectivity index (χ0v) is 11.4. The van der Waals surface area contributed by atoms with Crippen LogP contribution >= 0.6 is 0 Å². The first-order valence-corrected chi connectivity index (χ1v) is 6.27. The van der Waals surface area contributed by atoms with Crippen LogP contribution in [-0.2, 0) is 0 Å². The Labute approximate surface area is 121 Å². The lowest BCUT2D eigenvalue weighted by Gasteiger charge is -2.07. The molecule has 0 atom stereocenters. The van der Waals surface area contributed by atoms with Gasteiger partial charge in [-0.15, -0.1) is 0 Å².